The fourth-order valence-electron chi connectivity index (χ4n) is 1.000. The largest absolute Gasteiger partial charge is 0.323 e. The summed E-state index contributed by atoms with van der Waals surface area (Å²) in [5, 5.41) is 2.75. The van der Waals surface area contributed by atoms with Crippen LogP contribution in [0.25, 0.3) is 0 Å². The van der Waals surface area contributed by atoms with Gasteiger partial charge in [0.15, 0.2) is 0 Å². The second kappa shape index (κ2) is 52.3. The van der Waals surface area contributed by atoms with Gasteiger partial charge in [-0.05, 0) is 14.1 Å². The van der Waals surface area contributed by atoms with Crippen LogP contribution < -0.4 is 5.32 Å². The van der Waals surface area contributed by atoms with Gasteiger partial charge in [0.05, 0.1) is 0 Å². The summed E-state index contributed by atoms with van der Waals surface area (Å²) < 4.78 is 0. The Morgan fingerprint density at radius 2 is 0.611 bits per heavy atom. The van der Waals surface area contributed by atoms with Crippen LogP contribution in [0, 0.1) is 0 Å². The van der Waals surface area contributed by atoms with Crippen LogP contribution in [-0.2, 0) is 0 Å². The van der Waals surface area contributed by atoms with Crippen LogP contribution in [0.4, 0.5) is 0 Å². The molecule has 0 heterocycles. The minimum atomic E-state index is 0. The molecule has 0 bridgehead atoms. The van der Waals surface area contributed by atoms with Gasteiger partial charge in [0.2, 0.25) is 0 Å². The van der Waals surface area contributed by atoms with Crippen LogP contribution in [0.3, 0.4) is 0 Å². The van der Waals surface area contributed by atoms with E-state index in [0.29, 0.717) is 0 Å². The third kappa shape index (κ3) is 90.4. The molecule has 0 unspecified atom stereocenters. The van der Waals surface area contributed by atoms with Crippen molar-refractivity contribution in [3.63, 3.8) is 0 Å². The molecule has 0 aliphatic rings. The molecular weight excluding hydrogens is 289 g/mol. The summed E-state index contributed by atoms with van der Waals surface area (Å²) in [5.41, 5.74) is 0. The van der Waals surface area contributed by atoms with E-state index in [1.807, 2.05) is 14.1 Å². The fraction of sp³-hybridized carbons (Fsp3) is 1.00. The Morgan fingerprint density at radius 1 is 0.500 bits per heavy atom. The van der Waals surface area contributed by atoms with Gasteiger partial charge < -0.3 is 5.32 Å². The second-order valence-corrected chi connectivity index (χ2v) is 3.91. The van der Waals surface area contributed by atoms with Crippen molar-refractivity contribution in [3.05, 3.63) is 0 Å². The molecule has 0 aromatic rings. The average molecular weight is 327 g/mol. The minimum absolute atomic E-state index is 0. The predicted octanol–water partition coefficient (Wildman–Crippen LogP) is 6.27. The number of rotatable bonds is 6. The van der Waals surface area contributed by atoms with Gasteiger partial charge in [-0.2, -0.15) is 0 Å². The molecule has 0 spiro atoms. The Bertz CT molecular complexity index is 58.1. The van der Waals surface area contributed by atoms with E-state index in [-0.39, 0.29) is 37.2 Å². The van der Waals surface area contributed by atoms with Crippen LogP contribution in [0.2, 0.25) is 0 Å². The Labute approximate surface area is 136 Å². The van der Waals surface area contributed by atoms with Crippen molar-refractivity contribution in [1.29, 1.82) is 0 Å². The molecule has 4 heteroatoms. The molecule has 1 N–H and O–H groups in total. The molecule has 0 saturated heterocycles. The van der Waals surface area contributed by atoms with Crippen molar-refractivity contribution >= 4 is 37.2 Å². The van der Waals surface area contributed by atoms with E-state index >= 15 is 0 Å². The number of hydrogen-bond donors (Lipinski definition) is 1. The van der Waals surface area contributed by atoms with E-state index < -0.39 is 0 Å². The predicted molar refractivity (Wildman–Crippen MR) is 96.4 cm³/mol. The number of nitrogens with one attached hydrogen (secondary N) is 1. The lowest BCUT2D eigenvalue weighted by molar-refractivity contribution is 0.702. The monoisotopic (exact) mass is 325 g/mol. The molecule has 0 aliphatic heterocycles. The van der Waals surface area contributed by atoms with E-state index in [2.05, 4.69) is 33.0 Å². The molecule has 0 fully saturated rings. The Kier molecular flexibility index (Phi) is 106. The first-order chi connectivity index (χ1) is 7.24. The fourth-order valence-corrected chi connectivity index (χ4v) is 1.000. The quantitative estimate of drug-likeness (QED) is 0.567. The third-order valence-corrected chi connectivity index (χ3v) is 1.91. The van der Waals surface area contributed by atoms with Crippen LogP contribution in [-0.4, -0.2) is 14.1 Å². The highest BCUT2D eigenvalue weighted by Crippen LogP contribution is 1.95. The van der Waals surface area contributed by atoms with Crippen molar-refractivity contribution in [2.45, 2.75) is 79.1 Å². The molecule has 0 amide bonds. The third-order valence-electron chi connectivity index (χ3n) is 1.91. The lowest BCUT2D eigenvalue weighted by Gasteiger charge is -1.86. The van der Waals surface area contributed by atoms with E-state index in [0.717, 1.165) is 0 Å². The van der Waals surface area contributed by atoms with Crippen molar-refractivity contribution in [1.82, 2.24) is 5.32 Å². The molecule has 18 heavy (non-hydrogen) atoms. The van der Waals surface area contributed by atoms with Gasteiger partial charge in [0.25, 0.3) is 0 Å². The van der Waals surface area contributed by atoms with Crippen LogP contribution in [0.1, 0.15) is 79.1 Å². The first-order valence-corrected chi connectivity index (χ1v) is 6.83. The first kappa shape index (κ1) is 36.4. The maximum Gasteiger partial charge on any atom is -0.0167 e. The zero-order valence-electron chi connectivity index (χ0n) is 13.4. The molecule has 0 rings (SSSR count). The van der Waals surface area contributed by atoms with Gasteiger partial charge >= 0.3 is 0 Å². The summed E-state index contributed by atoms with van der Waals surface area (Å²) in [6.45, 7) is 8.93. The smallest absolute Gasteiger partial charge is 0.0167 e. The van der Waals surface area contributed by atoms with E-state index in [4.69, 9.17) is 0 Å². The van der Waals surface area contributed by atoms with E-state index in [1.54, 1.807) is 0 Å². The number of hydrogen-bond acceptors (Lipinski definition) is 1. The van der Waals surface area contributed by atoms with Gasteiger partial charge in [-0.25, -0.2) is 0 Å². The molecule has 1 nitrogen and oxygen atoms in total. The number of unbranched alkanes of at least 4 members (excludes halogenated alkanes) is 6. The summed E-state index contributed by atoms with van der Waals surface area (Å²) in [5.74, 6) is 0. The van der Waals surface area contributed by atoms with Gasteiger partial charge in [-0.1, -0.05) is 79.1 Å². The molecule has 0 aromatic carbocycles. The van der Waals surface area contributed by atoms with E-state index in [9.17, 15) is 0 Å². The second-order valence-electron chi connectivity index (χ2n) is 3.91. The molecule has 120 valence electrons. The van der Waals surface area contributed by atoms with Crippen molar-refractivity contribution < 1.29 is 0 Å². The Balaban J connectivity index is -0.0000000290. The summed E-state index contributed by atoms with van der Waals surface area (Å²) in [6.07, 6.45) is 11.1. The normalized spacial score (nSPS) is 7.00. The highest BCUT2D eigenvalue weighted by molar-refractivity contribution is 5.86. The molecule has 0 aliphatic carbocycles. The Hall–Kier alpha value is 0.830. The van der Waals surface area contributed by atoms with Crippen LogP contribution in [0.15, 0.2) is 0 Å². The van der Waals surface area contributed by atoms with Gasteiger partial charge in [0.1, 0.15) is 0 Å². The first-order valence-electron chi connectivity index (χ1n) is 6.83. The molecule has 0 saturated carbocycles. The Morgan fingerprint density at radius 3 is 0.667 bits per heavy atom. The average Bonchev–Trinajstić information content (AvgIpc) is 2.25. The highest BCUT2D eigenvalue weighted by atomic mass is 35.5. The SMILES string of the molecule is CCCCCC.CCCCCC.CNC.Cl.Cl.Cl. The zero-order valence-corrected chi connectivity index (χ0v) is 15.8. The maximum absolute atomic E-state index is 2.75. The standard InChI is InChI=1S/2C6H14.C2H7N.3ClH/c2*1-3-5-6-4-2;1-3-2;;;/h2*3-6H2,1-2H3;3H,1-2H3;3*1H. The van der Waals surface area contributed by atoms with E-state index in [1.165, 1.54) is 51.4 Å². The summed E-state index contributed by atoms with van der Waals surface area (Å²) in [4.78, 5) is 0. The summed E-state index contributed by atoms with van der Waals surface area (Å²) in [7, 11) is 3.75. The molecular formula is C14H38Cl3N. The lowest BCUT2D eigenvalue weighted by Crippen LogP contribution is -1.89. The topological polar surface area (TPSA) is 12.0 Å². The molecule has 0 radical (unpaired) electrons. The van der Waals surface area contributed by atoms with Crippen LogP contribution >= 0.6 is 37.2 Å². The van der Waals surface area contributed by atoms with Gasteiger partial charge in [0, 0.05) is 0 Å². The maximum atomic E-state index is 2.75. The summed E-state index contributed by atoms with van der Waals surface area (Å²) >= 11 is 0. The van der Waals surface area contributed by atoms with Crippen molar-refractivity contribution in [2.24, 2.45) is 0 Å². The van der Waals surface area contributed by atoms with Gasteiger partial charge in [-0.3, -0.25) is 0 Å². The number of halogens is 3. The minimum Gasteiger partial charge on any atom is -0.323 e. The van der Waals surface area contributed by atoms with Crippen molar-refractivity contribution in [3.8, 4) is 0 Å². The van der Waals surface area contributed by atoms with Crippen molar-refractivity contribution in [2.75, 3.05) is 14.1 Å². The van der Waals surface area contributed by atoms with Gasteiger partial charge in [-0.15, -0.1) is 37.2 Å². The molecule has 0 atom stereocenters. The van der Waals surface area contributed by atoms with Crippen LogP contribution in [0.5, 0.6) is 0 Å². The highest BCUT2D eigenvalue weighted by Gasteiger charge is 1.75. The lowest BCUT2D eigenvalue weighted by atomic mass is 10.2. The summed E-state index contributed by atoms with van der Waals surface area (Å²) in [6, 6.07) is 0. The molecule has 0 aromatic heterocycles. The zero-order chi connectivity index (χ0) is 12.4.